The van der Waals surface area contributed by atoms with E-state index in [0.717, 1.165) is 18.8 Å². The molecule has 0 saturated carbocycles. The maximum absolute atomic E-state index is 12.4. The summed E-state index contributed by atoms with van der Waals surface area (Å²) in [6.07, 6.45) is -0.672. The number of amides is 2. The molecule has 166 valence electrons. The number of halogens is 2. The van der Waals surface area contributed by atoms with E-state index in [1.165, 1.54) is 0 Å². The molecule has 0 aliphatic carbocycles. The quantitative estimate of drug-likeness (QED) is 0.472. The van der Waals surface area contributed by atoms with Crippen LogP contribution in [0.3, 0.4) is 0 Å². The molecule has 3 aromatic rings. The number of nitrogens with zero attached hydrogens (tertiary/aromatic N) is 3. The molecule has 3 N–H and O–H groups in total. The molecule has 1 fully saturated rings. The Balaban J connectivity index is 1.29. The van der Waals surface area contributed by atoms with Gasteiger partial charge in [-0.3, -0.25) is 15.3 Å². The van der Waals surface area contributed by atoms with Crippen LogP contribution in [-0.2, 0) is 0 Å². The molecular formula is C21H20BrClN6O3. The largest absolute Gasteiger partial charge is 0.428 e. The highest BCUT2D eigenvalue weighted by molar-refractivity contribution is 9.10. The van der Waals surface area contributed by atoms with E-state index in [2.05, 4.69) is 53.9 Å². The van der Waals surface area contributed by atoms with Gasteiger partial charge in [-0.2, -0.15) is 0 Å². The van der Waals surface area contributed by atoms with Crippen molar-refractivity contribution in [2.45, 2.75) is 0 Å². The van der Waals surface area contributed by atoms with Crippen molar-refractivity contribution < 1.29 is 14.3 Å². The SMILES string of the molecule is O=C(NN1CCN(c2ccccc2)CC1)Oc1n[nH]c(NC(=O)c2ccccc2Cl)c1Br. The van der Waals surface area contributed by atoms with Gasteiger partial charge in [-0.1, -0.05) is 41.9 Å². The van der Waals surface area contributed by atoms with Crippen LogP contribution in [0, 0.1) is 0 Å². The number of para-hydroxylation sites is 1. The number of H-pyrrole nitrogens is 1. The van der Waals surface area contributed by atoms with E-state index >= 15 is 0 Å². The fourth-order valence-electron chi connectivity index (χ4n) is 3.24. The molecule has 2 heterocycles. The molecule has 1 aliphatic heterocycles. The van der Waals surface area contributed by atoms with Gasteiger partial charge in [0.05, 0.1) is 10.6 Å². The Labute approximate surface area is 197 Å². The van der Waals surface area contributed by atoms with Gasteiger partial charge in [-0.05, 0) is 40.2 Å². The predicted octanol–water partition coefficient (Wildman–Crippen LogP) is 3.90. The molecule has 4 rings (SSSR count). The van der Waals surface area contributed by atoms with E-state index in [1.807, 2.05) is 18.2 Å². The van der Waals surface area contributed by atoms with Crippen LogP contribution < -0.4 is 20.4 Å². The number of aromatic amines is 1. The van der Waals surface area contributed by atoms with Gasteiger partial charge in [0.25, 0.3) is 11.8 Å². The number of aromatic nitrogens is 2. The lowest BCUT2D eigenvalue weighted by molar-refractivity contribution is 0.102. The second-order valence-electron chi connectivity index (χ2n) is 6.96. The van der Waals surface area contributed by atoms with Gasteiger partial charge in [0, 0.05) is 31.9 Å². The van der Waals surface area contributed by atoms with E-state index < -0.39 is 12.0 Å². The van der Waals surface area contributed by atoms with Crippen molar-refractivity contribution in [1.82, 2.24) is 20.6 Å². The van der Waals surface area contributed by atoms with Crippen molar-refractivity contribution >= 4 is 51.0 Å². The first kappa shape index (κ1) is 22.1. The highest BCUT2D eigenvalue weighted by atomic mass is 79.9. The van der Waals surface area contributed by atoms with Crippen molar-refractivity contribution in [2.75, 3.05) is 36.4 Å². The Morgan fingerprint density at radius 3 is 2.44 bits per heavy atom. The Morgan fingerprint density at radius 2 is 1.72 bits per heavy atom. The lowest BCUT2D eigenvalue weighted by atomic mass is 10.2. The number of benzene rings is 2. The predicted molar refractivity (Wildman–Crippen MR) is 125 cm³/mol. The summed E-state index contributed by atoms with van der Waals surface area (Å²) in [4.78, 5) is 27.0. The average Bonchev–Trinajstić information content (AvgIpc) is 3.14. The maximum atomic E-state index is 12.4. The van der Waals surface area contributed by atoms with Gasteiger partial charge in [-0.25, -0.2) is 9.80 Å². The molecular weight excluding hydrogens is 500 g/mol. The molecule has 0 unspecified atom stereocenters. The first-order chi connectivity index (χ1) is 15.5. The number of carbonyl (C=O) groups excluding carboxylic acids is 2. The summed E-state index contributed by atoms with van der Waals surface area (Å²) in [5.41, 5.74) is 4.18. The Hall–Kier alpha value is -3.08. The van der Waals surface area contributed by atoms with Crippen molar-refractivity contribution in [3.05, 3.63) is 69.7 Å². The van der Waals surface area contributed by atoms with Crippen molar-refractivity contribution in [2.24, 2.45) is 0 Å². The van der Waals surface area contributed by atoms with Gasteiger partial charge in [0.2, 0.25) is 0 Å². The van der Waals surface area contributed by atoms with Crippen LogP contribution >= 0.6 is 27.5 Å². The van der Waals surface area contributed by atoms with Crippen LogP contribution in [0.1, 0.15) is 10.4 Å². The molecule has 0 radical (unpaired) electrons. The lowest BCUT2D eigenvalue weighted by Gasteiger charge is -2.35. The van der Waals surface area contributed by atoms with E-state index in [-0.39, 0.29) is 11.7 Å². The number of hydrogen-bond donors (Lipinski definition) is 3. The molecule has 1 saturated heterocycles. The lowest BCUT2D eigenvalue weighted by Crippen LogP contribution is -2.54. The first-order valence-corrected chi connectivity index (χ1v) is 11.0. The third-order valence-electron chi connectivity index (χ3n) is 4.87. The molecule has 0 atom stereocenters. The second-order valence-corrected chi connectivity index (χ2v) is 8.16. The number of anilines is 2. The van der Waals surface area contributed by atoms with Crippen LogP contribution in [0.4, 0.5) is 16.3 Å². The number of rotatable bonds is 5. The molecule has 1 aliphatic rings. The fourth-order valence-corrected chi connectivity index (χ4v) is 3.82. The zero-order valence-electron chi connectivity index (χ0n) is 16.8. The Morgan fingerprint density at radius 1 is 1.03 bits per heavy atom. The van der Waals surface area contributed by atoms with Gasteiger partial charge < -0.3 is 15.0 Å². The van der Waals surface area contributed by atoms with Gasteiger partial charge in [0.15, 0.2) is 0 Å². The van der Waals surface area contributed by atoms with Crippen LogP contribution in [0.5, 0.6) is 5.88 Å². The van der Waals surface area contributed by atoms with Crippen molar-refractivity contribution in [3.8, 4) is 5.88 Å². The highest BCUT2D eigenvalue weighted by Gasteiger charge is 2.22. The molecule has 2 aromatic carbocycles. The third-order valence-corrected chi connectivity index (χ3v) is 5.94. The standard InChI is InChI=1S/C21H20BrClN6O3/c22-17-18(24-19(30)15-8-4-5-9-16(15)23)25-26-20(17)32-21(31)27-29-12-10-28(11-13-29)14-6-2-1-3-7-14/h1-9H,10-13H2,(H,27,31)(H2,24,25,26,30). The number of piperazine rings is 1. The minimum Gasteiger partial charge on any atom is -0.387 e. The van der Waals surface area contributed by atoms with Gasteiger partial charge in [0.1, 0.15) is 10.3 Å². The normalized spacial score (nSPS) is 14.1. The van der Waals surface area contributed by atoms with E-state index in [4.69, 9.17) is 16.3 Å². The number of nitrogens with one attached hydrogen (secondary N) is 3. The fraction of sp³-hybridized carbons (Fsp3) is 0.190. The minimum atomic E-state index is -0.672. The molecule has 11 heteroatoms. The monoisotopic (exact) mass is 518 g/mol. The molecule has 0 bridgehead atoms. The molecule has 32 heavy (non-hydrogen) atoms. The zero-order valence-corrected chi connectivity index (χ0v) is 19.2. The summed E-state index contributed by atoms with van der Waals surface area (Å²) in [7, 11) is 0. The van der Waals surface area contributed by atoms with Crippen LogP contribution in [0.15, 0.2) is 59.1 Å². The summed E-state index contributed by atoms with van der Waals surface area (Å²) in [5.74, 6) is -0.179. The van der Waals surface area contributed by atoms with E-state index in [1.54, 1.807) is 29.3 Å². The average molecular weight is 520 g/mol. The van der Waals surface area contributed by atoms with E-state index in [0.29, 0.717) is 28.1 Å². The van der Waals surface area contributed by atoms with Crippen molar-refractivity contribution in [3.63, 3.8) is 0 Å². The summed E-state index contributed by atoms with van der Waals surface area (Å²) < 4.78 is 5.59. The van der Waals surface area contributed by atoms with Gasteiger partial charge >= 0.3 is 6.09 Å². The molecule has 0 spiro atoms. The van der Waals surface area contributed by atoms with Crippen LogP contribution in [-0.4, -0.2) is 53.4 Å². The molecule has 1 aromatic heterocycles. The molecule has 9 nitrogen and oxygen atoms in total. The Bertz CT molecular complexity index is 1100. The first-order valence-electron chi connectivity index (χ1n) is 9.84. The summed E-state index contributed by atoms with van der Waals surface area (Å²) in [6.45, 7) is 2.83. The van der Waals surface area contributed by atoms with Crippen LogP contribution in [0.25, 0.3) is 0 Å². The summed E-state index contributed by atoms with van der Waals surface area (Å²) in [6, 6.07) is 16.8. The molecule has 2 amide bonds. The minimum absolute atomic E-state index is 0.000111. The van der Waals surface area contributed by atoms with Crippen LogP contribution in [0.2, 0.25) is 5.02 Å². The summed E-state index contributed by atoms with van der Waals surface area (Å²) >= 11 is 9.34. The Kier molecular flexibility index (Phi) is 6.93. The highest BCUT2D eigenvalue weighted by Crippen LogP contribution is 2.30. The number of ether oxygens (including phenoxy) is 1. The number of hydrazine groups is 1. The summed E-state index contributed by atoms with van der Waals surface area (Å²) in [5, 5.41) is 11.3. The third kappa shape index (κ3) is 5.21. The van der Waals surface area contributed by atoms with Gasteiger partial charge in [-0.15, -0.1) is 5.10 Å². The zero-order chi connectivity index (χ0) is 22.5. The van der Waals surface area contributed by atoms with E-state index in [9.17, 15) is 9.59 Å². The van der Waals surface area contributed by atoms with Crippen molar-refractivity contribution in [1.29, 1.82) is 0 Å². The number of carbonyl (C=O) groups is 2. The topological polar surface area (TPSA) is 103 Å². The second kappa shape index (κ2) is 10.0. The smallest absolute Gasteiger partial charge is 0.387 e. The number of hydrogen-bond acceptors (Lipinski definition) is 6. The maximum Gasteiger partial charge on any atom is 0.428 e.